The summed E-state index contributed by atoms with van der Waals surface area (Å²) in [5, 5.41) is 12.5. The second-order valence-corrected chi connectivity index (χ2v) is 5.01. The van der Waals surface area contributed by atoms with Crippen molar-refractivity contribution in [3.8, 4) is 11.5 Å². The molecular weight excluding hydrogens is 258 g/mol. The van der Waals surface area contributed by atoms with Crippen molar-refractivity contribution >= 4 is 5.91 Å². The SMILES string of the molecule is COc1ccc(OCC(O)CNC(=O)C2CCC2)cc1. The van der Waals surface area contributed by atoms with Crippen molar-refractivity contribution < 1.29 is 19.4 Å². The van der Waals surface area contributed by atoms with Crippen LogP contribution in [0.25, 0.3) is 0 Å². The van der Waals surface area contributed by atoms with Gasteiger partial charge in [0.2, 0.25) is 5.91 Å². The molecule has 0 aromatic heterocycles. The summed E-state index contributed by atoms with van der Waals surface area (Å²) in [4.78, 5) is 11.6. The van der Waals surface area contributed by atoms with Crippen molar-refractivity contribution in [1.29, 1.82) is 0 Å². The van der Waals surface area contributed by atoms with Crippen LogP contribution in [0, 0.1) is 5.92 Å². The molecule has 2 rings (SSSR count). The number of methoxy groups -OCH3 is 1. The van der Waals surface area contributed by atoms with Gasteiger partial charge >= 0.3 is 0 Å². The maximum atomic E-state index is 11.6. The van der Waals surface area contributed by atoms with Crippen molar-refractivity contribution in [1.82, 2.24) is 5.32 Å². The second-order valence-electron chi connectivity index (χ2n) is 5.01. The third-order valence-electron chi connectivity index (χ3n) is 3.49. The summed E-state index contributed by atoms with van der Waals surface area (Å²) in [5.41, 5.74) is 0. The van der Waals surface area contributed by atoms with Crippen molar-refractivity contribution in [3.63, 3.8) is 0 Å². The van der Waals surface area contributed by atoms with Gasteiger partial charge in [0.1, 0.15) is 24.2 Å². The number of rotatable bonds is 7. The van der Waals surface area contributed by atoms with Crippen LogP contribution in [0.2, 0.25) is 0 Å². The lowest BCUT2D eigenvalue weighted by atomic mass is 9.85. The minimum absolute atomic E-state index is 0.0414. The summed E-state index contributed by atoms with van der Waals surface area (Å²) >= 11 is 0. The minimum Gasteiger partial charge on any atom is -0.497 e. The zero-order valence-electron chi connectivity index (χ0n) is 11.7. The van der Waals surface area contributed by atoms with Crippen LogP contribution in [0.1, 0.15) is 19.3 Å². The Morgan fingerprint density at radius 2 is 2.00 bits per heavy atom. The summed E-state index contributed by atoms with van der Waals surface area (Å²) in [6, 6.07) is 7.14. The number of hydrogen-bond acceptors (Lipinski definition) is 4. The smallest absolute Gasteiger partial charge is 0.223 e. The van der Waals surface area contributed by atoms with Gasteiger partial charge in [-0.1, -0.05) is 6.42 Å². The lowest BCUT2D eigenvalue weighted by Crippen LogP contribution is -2.40. The fraction of sp³-hybridized carbons (Fsp3) is 0.533. The molecule has 110 valence electrons. The summed E-state index contributed by atoms with van der Waals surface area (Å²) in [7, 11) is 1.60. The first-order chi connectivity index (χ1) is 9.69. The molecule has 1 aromatic carbocycles. The van der Waals surface area contributed by atoms with E-state index in [4.69, 9.17) is 9.47 Å². The Balaban J connectivity index is 1.65. The van der Waals surface area contributed by atoms with Gasteiger partial charge in [0, 0.05) is 12.5 Å². The quantitative estimate of drug-likeness (QED) is 0.790. The average molecular weight is 279 g/mol. The molecule has 1 aliphatic carbocycles. The van der Waals surface area contributed by atoms with Gasteiger partial charge in [-0.3, -0.25) is 4.79 Å². The maximum absolute atomic E-state index is 11.6. The van der Waals surface area contributed by atoms with Crippen LogP contribution in [0.4, 0.5) is 0 Å². The number of ether oxygens (including phenoxy) is 2. The van der Waals surface area contributed by atoms with Crippen LogP contribution in [0.5, 0.6) is 11.5 Å². The van der Waals surface area contributed by atoms with E-state index in [1.165, 1.54) is 0 Å². The Kier molecular flexibility index (Phi) is 5.24. The molecule has 1 saturated carbocycles. The fourth-order valence-corrected chi connectivity index (χ4v) is 1.96. The molecule has 0 heterocycles. The highest BCUT2D eigenvalue weighted by Crippen LogP contribution is 2.26. The molecule has 1 atom stereocenters. The summed E-state index contributed by atoms with van der Waals surface area (Å²) < 4.78 is 10.5. The molecule has 1 aromatic rings. The van der Waals surface area contributed by atoms with E-state index >= 15 is 0 Å². The van der Waals surface area contributed by atoms with Crippen molar-refractivity contribution in [2.45, 2.75) is 25.4 Å². The topological polar surface area (TPSA) is 67.8 Å². The second kappa shape index (κ2) is 7.14. The predicted molar refractivity (Wildman–Crippen MR) is 74.8 cm³/mol. The van der Waals surface area contributed by atoms with Gasteiger partial charge in [-0.15, -0.1) is 0 Å². The molecule has 0 spiro atoms. The van der Waals surface area contributed by atoms with Crippen LogP contribution >= 0.6 is 0 Å². The molecule has 0 bridgehead atoms. The molecule has 1 fully saturated rings. The molecule has 2 N–H and O–H groups in total. The number of nitrogens with one attached hydrogen (secondary N) is 1. The van der Waals surface area contributed by atoms with E-state index in [0.717, 1.165) is 25.0 Å². The van der Waals surface area contributed by atoms with Crippen LogP contribution in [-0.2, 0) is 4.79 Å². The summed E-state index contributed by atoms with van der Waals surface area (Å²) in [5.74, 6) is 1.60. The zero-order valence-corrected chi connectivity index (χ0v) is 11.7. The van der Waals surface area contributed by atoms with Crippen molar-refractivity contribution in [3.05, 3.63) is 24.3 Å². The lowest BCUT2D eigenvalue weighted by Gasteiger charge is -2.24. The van der Waals surface area contributed by atoms with Crippen LogP contribution < -0.4 is 14.8 Å². The van der Waals surface area contributed by atoms with E-state index in [1.807, 2.05) is 0 Å². The largest absolute Gasteiger partial charge is 0.497 e. The highest BCUT2D eigenvalue weighted by Gasteiger charge is 2.25. The highest BCUT2D eigenvalue weighted by molar-refractivity contribution is 5.79. The molecule has 0 saturated heterocycles. The number of hydrogen-bond donors (Lipinski definition) is 2. The number of carbonyl (C=O) groups excluding carboxylic acids is 1. The Labute approximate surface area is 118 Å². The van der Waals surface area contributed by atoms with Gasteiger partial charge in [-0.2, -0.15) is 0 Å². The number of benzene rings is 1. The van der Waals surface area contributed by atoms with Gasteiger partial charge < -0.3 is 19.9 Å². The lowest BCUT2D eigenvalue weighted by molar-refractivity contribution is -0.127. The van der Waals surface area contributed by atoms with E-state index in [2.05, 4.69) is 5.32 Å². The summed E-state index contributed by atoms with van der Waals surface area (Å²) in [6.07, 6.45) is 2.34. The molecule has 20 heavy (non-hydrogen) atoms. The van der Waals surface area contributed by atoms with Gasteiger partial charge in [0.05, 0.1) is 7.11 Å². The molecule has 1 unspecified atom stereocenters. The van der Waals surface area contributed by atoms with E-state index in [1.54, 1.807) is 31.4 Å². The molecule has 0 radical (unpaired) electrons. The first kappa shape index (κ1) is 14.7. The minimum atomic E-state index is -0.707. The Bertz CT molecular complexity index is 428. The molecule has 5 heteroatoms. The maximum Gasteiger partial charge on any atom is 0.223 e. The van der Waals surface area contributed by atoms with Crippen LogP contribution in [-0.4, -0.2) is 37.4 Å². The Morgan fingerprint density at radius 3 is 2.55 bits per heavy atom. The van der Waals surface area contributed by atoms with Gasteiger partial charge in [0.15, 0.2) is 0 Å². The number of aliphatic hydroxyl groups excluding tert-OH is 1. The van der Waals surface area contributed by atoms with E-state index in [0.29, 0.717) is 5.75 Å². The molecule has 0 aliphatic heterocycles. The molecule has 1 aliphatic rings. The molecular formula is C15H21NO4. The van der Waals surface area contributed by atoms with Gasteiger partial charge in [-0.05, 0) is 37.1 Å². The Morgan fingerprint density at radius 1 is 1.35 bits per heavy atom. The first-order valence-corrected chi connectivity index (χ1v) is 6.91. The van der Waals surface area contributed by atoms with Crippen molar-refractivity contribution in [2.24, 2.45) is 5.92 Å². The number of aliphatic hydroxyl groups is 1. The third-order valence-corrected chi connectivity index (χ3v) is 3.49. The van der Waals surface area contributed by atoms with E-state index in [-0.39, 0.29) is 25.0 Å². The third kappa shape index (κ3) is 4.13. The van der Waals surface area contributed by atoms with Crippen LogP contribution in [0.15, 0.2) is 24.3 Å². The molecule has 5 nitrogen and oxygen atoms in total. The van der Waals surface area contributed by atoms with E-state index in [9.17, 15) is 9.90 Å². The monoisotopic (exact) mass is 279 g/mol. The van der Waals surface area contributed by atoms with E-state index < -0.39 is 6.10 Å². The normalized spacial score (nSPS) is 16.1. The van der Waals surface area contributed by atoms with Crippen LogP contribution in [0.3, 0.4) is 0 Å². The summed E-state index contributed by atoms with van der Waals surface area (Å²) in [6.45, 7) is 0.378. The first-order valence-electron chi connectivity index (χ1n) is 6.91. The number of carbonyl (C=O) groups is 1. The average Bonchev–Trinajstić information content (AvgIpc) is 2.41. The number of amides is 1. The standard InChI is InChI=1S/C15H21NO4/c1-19-13-5-7-14(8-6-13)20-10-12(17)9-16-15(18)11-3-2-4-11/h5-8,11-12,17H,2-4,9-10H2,1H3,(H,16,18). The predicted octanol–water partition coefficient (Wildman–Crippen LogP) is 1.35. The Hall–Kier alpha value is -1.75. The zero-order chi connectivity index (χ0) is 14.4. The van der Waals surface area contributed by atoms with Gasteiger partial charge in [-0.25, -0.2) is 0 Å². The van der Waals surface area contributed by atoms with Crippen molar-refractivity contribution in [2.75, 3.05) is 20.3 Å². The van der Waals surface area contributed by atoms with Gasteiger partial charge in [0.25, 0.3) is 0 Å². The fourth-order valence-electron chi connectivity index (χ4n) is 1.96. The molecule has 1 amide bonds. The highest BCUT2D eigenvalue weighted by atomic mass is 16.5.